The second-order valence-electron chi connectivity index (χ2n) is 7.16. The van der Waals surface area contributed by atoms with Crippen LogP contribution in [-0.2, 0) is 5.41 Å². The summed E-state index contributed by atoms with van der Waals surface area (Å²) in [6.45, 7) is 15.0. The summed E-state index contributed by atoms with van der Waals surface area (Å²) in [5.74, 6) is 1.38. The molecule has 0 aliphatic rings. The summed E-state index contributed by atoms with van der Waals surface area (Å²) < 4.78 is 0. The molecule has 0 aliphatic heterocycles. The highest BCUT2D eigenvalue weighted by atomic mass is 16.3. The maximum absolute atomic E-state index is 9.30. The molecule has 134 valence electrons. The molecule has 0 saturated carbocycles. The summed E-state index contributed by atoms with van der Waals surface area (Å²) in [7, 11) is 0. The van der Waals surface area contributed by atoms with Crippen LogP contribution in [0.1, 0.15) is 66.0 Å². The first-order valence-electron chi connectivity index (χ1n) is 8.74. The van der Waals surface area contributed by atoms with Gasteiger partial charge < -0.3 is 10.2 Å². The van der Waals surface area contributed by atoms with Crippen LogP contribution in [0.4, 0.5) is 0 Å². The Kier molecular flexibility index (Phi) is 9.87. The Bertz CT molecular complexity index is 501. The van der Waals surface area contributed by atoms with Gasteiger partial charge in [-0.2, -0.15) is 0 Å². The summed E-state index contributed by atoms with van der Waals surface area (Å²) in [5, 5.41) is 18.6. The molecule has 0 radical (unpaired) electrons. The maximum Gasteiger partial charge on any atom is 0.115 e. The highest BCUT2D eigenvalue weighted by Crippen LogP contribution is 2.32. The SMILES string of the molecule is CC(C)(c1ccc(O)cc1)c1ccc(O)cc1.CC(C)C.CCC. The van der Waals surface area contributed by atoms with Crippen molar-refractivity contribution in [2.45, 2.75) is 60.3 Å². The topological polar surface area (TPSA) is 40.5 Å². The summed E-state index contributed by atoms with van der Waals surface area (Å²) in [6, 6.07) is 14.4. The number of phenols is 2. The summed E-state index contributed by atoms with van der Waals surface area (Å²) in [5.41, 5.74) is 2.10. The average molecular weight is 331 g/mol. The highest BCUT2D eigenvalue weighted by Gasteiger charge is 2.22. The van der Waals surface area contributed by atoms with E-state index in [2.05, 4.69) is 48.5 Å². The lowest BCUT2D eigenvalue weighted by molar-refractivity contribution is 0.474. The summed E-state index contributed by atoms with van der Waals surface area (Å²) >= 11 is 0. The van der Waals surface area contributed by atoms with E-state index < -0.39 is 0 Å². The zero-order valence-corrected chi connectivity index (χ0v) is 16.3. The molecule has 0 bridgehead atoms. The van der Waals surface area contributed by atoms with Gasteiger partial charge in [-0.3, -0.25) is 0 Å². The molecule has 2 heteroatoms. The number of hydrogen-bond donors (Lipinski definition) is 2. The normalized spacial score (nSPS) is 10.3. The first-order chi connectivity index (χ1) is 11.1. The first kappa shape index (κ1) is 22.0. The summed E-state index contributed by atoms with van der Waals surface area (Å²) in [6.07, 6.45) is 1.25. The predicted molar refractivity (Wildman–Crippen MR) is 105 cm³/mol. The van der Waals surface area contributed by atoms with Gasteiger partial charge in [-0.25, -0.2) is 0 Å². The molecule has 0 amide bonds. The van der Waals surface area contributed by atoms with E-state index in [4.69, 9.17) is 0 Å². The van der Waals surface area contributed by atoms with Crippen LogP contribution < -0.4 is 0 Å². The van der Waals surface area contributed by atoms with Crippen LogP contribution >= 0.6 is 0 Å². The zero-order valence-electron chi connectivity index (χ0n) is 16.3. The van der Waals surface area contributed by atoms with Gasteiger partial charge in [0.2, 0.25) is 0 Å². The van der Waals surface area contributed by atoms with E-state index in [1.54, 1.807) is 24.3 Å². The van der Waals surface area contributed by atoms with Gasteiger partial charge in [0.1, 0.15) is 11.5 Å². The number of benzene rings is 2. The van der Waals surface area contributed by atoms with Gasteiger partial charge in [-0.05, 0) is 41.3 Å². The lowest BCUT2D eigenvalue weighted by Crippen LogP contribution is -2.18. The van der Waals surface area contributed by atoms with Crippen molar-refractivity contribution in [2.24, 2.45) is 5.92 Å². The van der Waals surface area contributed by atoms with Crippen LogP contribution in [-0.4, -0.2) is 10.2 Å². The van der Waals surface area contributed by atoms with Crippen LogP contribution in [0.3, 0.4) is 0 Å². The van der Waals surface area contributed by atoms with Crippen molar-refractivity contribution in [3.8, 4) is 11.5 Å². The van der Waals surface area contributed by atoms with Crippen molar-refractivity contribution in [1.29, 1.82) is 0 Å². The van der Waals surface area contributed by atoms with Gasteiger partial charge in [0, 0.05) is 5.41 Å². The van der Waals surface area contributed by atoms with Gasteiger partial charge in [0.15, 0.2) is 0 Å². The maximum atomic E-state index is 9.30. The molecule has 24 heavy (non-hydrogen) atoms. The molecule has 0 spiro atoms. The smallest absolute Gasteiger partial charge is 0.115 e. The van der Waals surface area contributed by atoms with Crippen molar-refractivity contribution in [2.75, 3.05) is 0 Å². The van der Waals surface area contributed by atoms with Gasteiger partial charge in [-0.15, -0.1) is 0 Å². The van der Waals surface area contributed by atoms with Crippen LogP contribution in [0.15, 0.2) is 48.5 Å². The van der Waals surface area contributed by atoms with E-state index in [9.17, 15) is 10.2 Å². The molecule has 0 heterocycles. The third-order valence-corrected chi connectivity index (χ3v) is 3.18. The predicted octanol–water partition coefficient (Wildman–Crippen LogP) is 6.50. The molecule has 0 unspecified atom stereocenters. The number of aromatic hydroxyl groups is 2. The van der Waals surface area contributed by atoms with Crippen molar-refractivity contribution in [1.82, 2.24) is 0 Å². The largest absolute Gasteiger partial charge is 0.508 e. The Morgan fingerprint density at radius 1 is 0.708 bits per heavy atom. The second kappa shape index (κ2) is 10.7. The number of rotatable bonds is 2. The summed E-state index contributed by atoms with van der Waals surface area (Å²) in [4.78, 5) is 0. The Balaban J connectivity index is 0.000000648. The molecular formula is C22H34O2. The Hall–Kier alpha value is -1.96. The Labute approximate surface area is 148 Å². The lowest BCUT2D eigenvalue weighted by atomic mass is 9.78. The molecule has 0 aromatic heterocycles. The Morgan fingerprint density at radius 3 is 1.12 bits per heavy atom. The fourth-order valence-electron chi connectivity index (χ4n) is 1.92. The lowest BCUT2D eigenvalue weighted by Gasteiger charge is -2.26. The number of hydrogen-bond acceptors (Lipinski definition) is 2. The van der Waals surface area contributed by atoms with Crippen molar-refractivity contribution < 1.29 is 10.2 Å². The monoisotopic (exact) mass is 330 g/mol. The zero-order chi connectivity index (χ0) is 18.8. The van der Waals surface area contributed by atoms with Gasteiger partial charge in [-0.1, -0.05) is 79.2 Å². The van der Waals surface area contributed by atoms with Crippen molar-refractivity contribution in [3.05, 3.63) is 59.7 Å². The molecular weight excluding hydrogens is 296 g/mol. The molecule has 2 rings (SSSR count). The van der Waals surface area contributed by atoms with E-state index in [0.29, 0.717) is 0 Å². The van der Waals surface area contributed by atoms with Crippen molar-refractivity contribution >= 4 is 0 Å². The standard InChI is InChI=1S/C15H16O2.C4H10.C3H8/c1-15(2,11-3-7-13(16)8-4-11)12-5-9-14(17)10-6-12;1-4(2)3;1-3-2/h3-10,16-17H,1-2H3;4H,1-3H3;3H2,1-2H3. The van der Waals surface area contributed by atoms with E-state index in [-0.39, 0.29) is 16.9 Å². The van der Waals surface area contributed by atoms with Crippen LogP contribution in [0.2, 0.25) is 0 Å². The van der Waals surface area contributed by atoms with E-state index in [0.717, 1.165) is 17.0 Å². The van der Waals surface area contributed by atoms with Crippen LogP contribution in [0.25, 0.3) is 0 Å². The minimum absolute atomic E-state index is 0.151. The quantitative estimate of drug-likeness (QED) is 0.659. The van der Waals surface area contributed by atoms with Crippen LogP contribution in [0.5, 0.6) is 11.5 Å². The van der Waals surface area contributed by atoms with E-state index >= 15 is 0 Å². The molecule has 2 aromatic carbocycles. The van der Waals surface area contributed by atoms with Gasteiger partial charge >= 0.3 is 0 Å². The molecule has 0 fully saturated rings. The third-order valence-electron chi connectivity index (χ3n) is 3.18. The average Bonchev–Trinajstić information content (AvgIpc) is 2.48. The molecule has 0 saturated heterocycles. The Morgan fingerprint density at radius 2 is 0.917 bits per heavy atom. The molecule has 2 N–H and O–H groups in total. The number of phenolic OH excluding ortho intramolecular Hbond substituents is 2. The van der Waals surface area contributed by atoms with Crippen LogP contribution in [0, 0.1) is 5.92 Å². The van der Waals surface area contributed by atoms with E-state index in [1.807, 2.05) is 24.3 Å². The van der Waals surface area contributed by atoms with Gasteiger partial charge in [0.05, 0.1) is 0 Å². The molecule has 0 aliphatic carbocycles. The molecule has 2 aromatic rings. The molecule has 0 atom stereocenters. The second-order valence-corrected chi connectivity index (χ2v) is 7.16. The van der Waals surface area contributed by atoms with Gasteiger partial charge in [0.25, 0.3) is 0 Å². The third kappa shape index (κ3) is 8.05. The fourth-order valence-corrected chi connectivity index (χ4v) is 1.92. The minimum Gasteiger partial charge on any atom is -0.508 e. The minimum atomic E-state index is -0.151. The first-order valence-corrected chi connectivity index (χ1v) is 8.74. The van der Waals surface area contributed by atoms with Crippen molar-refractivity contribution in [3.63, 3.8) is 0 Å². The molecule has 2 nitrogen and oxygen atoms in total. The highest BCUT2D eigenvalue weighted by molar-refractivity contribution is 5.41. The van der Waals surface area contributed by atoms with E-state index in [1.165, 1.54) is 6.42 Å². The fraction of sp³-hybridized carbons (Fsp3) is 0.455.